The molecule has 5 heteroatoms. The van der Waals surface area contributed by atoms with E-state index >= 15 is 0 Å². The number of rotatable bonds is 2. The lowest BCUT2D eigenvalue weighted by atomic mass is 10.2. The first-order valence-corrected chi connectivity index (χ1v) is 6.65. The standard InChI is InChI=1S/C13H19N5/c1-14-11-10-18-9-6-15-12(18)13(16-11)17-7-4-2-3-5-8-17/h6,9-10,14H,2-5,7-8H2,1H3. The molecule has 0 aliphatic carbocycles. The van der Waals surface area contributed by atoms with Gasteiger partial charge in [-0.15, -0.1) is 0 Å². The van der Waals surface area contributed by atoms with E-state index in [1.54, 1.807) is 0 Å². The Morgan fingerprint density at radius 3 is 2.67 bits per heavy atom. The van der Waals surface area contributed by atoms with Crippen LogP contribution in [0.4, 0.5) is 11.6 Å². The van der Waals surface area contributed by atoms with Crippen LogP contribution in [0.5, 0.6) is 0 Å². The maximum absolute atomic E-state index is 4.69. The highest BCUT2D eigenvalue weighted by Crippen LogP contribution is 2.23. The molecule has 0 amide bonds. The molecule has 1 aliphatic rings. The van der Waals surface area contributed by atoms with Crippen molar-refractivity contribution in [3.8, 4) is 0 Å². The second kappa shape index (κ2) is 4.84. The lowest BCUT2D eigenvalue weighted by molar-refractivity contribution is 0.726. The molecule has 0 aromatic carbocycles. The molecular weight excluding hydrogens is 226 g/mol. The van der Waals surface area contributed by atoms with Crippen molar-refractivity contribution in [1.82, 2.24) is 14.4 Å². The van der Waals surface area contributed by atoms with Gasteiger partial charge in [0.2, 0.25) is 0 Å². The predicted octanol–water partition coefficient (Wildman–Crippen LogP) is 2.15. The molecule has 2 aromatic heterocycles. The maximum Gasteiger partial charge on any atom is 0.180 e. The van der Waals surface area contributed by atoms with E-state index in [0.717, 1.165) is 30.4 Å². The number of nitrogens with zero attached hydrogens (tertiary/aromatic N) is 4. The zero-order valence-corrected chi connectivity index (χ0v) is 10.8. The normalized spacial score (nSPS) is 16.8. The molecule has 0 saturated carbocycles. The first-order valence-electron chi connectivity index (χ1n) is 6.65. The molecule has 0 spiro atoms. The molecule has 1 N–H and O–H groups in total. The average molecular weight is 245 g/mol. The van der Waals surface area contributed by atoms with E-state index in [1.807, 2.05) is 30.0 Å². The van der Waals surface area contributed by atoms with Gasteiger partial charge in [0.05, 0.1) is 6.20 Å². The molecule has 0 bridgehead atoms. The van der Waals surface area contributed by atoms with Crippen LogP contribution in [-0.4, -0.2) is 34.5 Å². The highest BCUT2D eigenvalue weighted by Gasteiger charge is 2.16. The molecule has 1 aliphatic heterocycles. The fourth-order valence-electron chi connectivity index (χ4n) is 2.53. The quantitative estimate of drug-likeness (QED) is 0.880. The number of nitrogens with one attached hydrogen (secondary N) is 1. The van der Waals surface area contributed by atoms with Gasteiger partial charge < -0.3 is 14.6 Å². The fraction of sp³-hybridized carbons (Fsp3) is 0.538. The smallest absolute Gasteiger partial charge is 0.180 e. The SMILES string of the molecule is CNc1cn2ccnc2c(N2CCCCCC2)n1. The lowest BCUT2D eigenvalue weighted by Gasteiger charge is -2.22. The summed E-state index contributed by atoms with van der Waals surface area (Å²) in [6, 6.07) is 0. The summed E-state index contributed by atoms with van der Waals surface area (Å²) >= 11 is 0. The van der Waals surface area contributed by atoms with Crippen molar-refractivity contribution in [1.29, 1.82) is 0 Å². The Morgan fingerprint density at radius 2 is 1.94 bits per heavy atom. The molecule has 0 atom stereocenters. The highest BCUT2D eigenvalue weighted by molar-refractivity contribution is 5.66. The summed E-state index contributed by atoms with van der Waals surface area (Å²) in [5, 5.41) is 3.12. The van der Waals surface area contributed by atoms with Crippen molar-refractivity contribution in [2.75, 3.05) is 30.4 Å². The van der Waals surface area contributed by atoms with E-state index in [4.69, 9.17) is 0 Å². The molecule has 2 aromatic rings. The fourth-order valence-corrected chi connectivity index (χ4v) is 2.53. The second-order valence-corrected chi connectivity index (χ2v) is 4.76. The number of aromatic nitrogens is 3. The number of imidazole rings is 1. The molecular formula is C13H19N5. The Kier molecular flexibility index (Phi) is 3.04. The van der Waals surface area contributed by atoms with Crippen LogP contribution in [0.3, 0.4) is 0 Å². The largest absolute Gasteiger partial charge is 0.372 e. The number of fused-ring (bicyclic) bond motifs is 1. The molecule has 0 radical (unpaired) electrons. The van der Waals surface area contributed by atoms with E-state index < -0.39 is 0 Å². The van der Waals surface area contributed by atoms with Gasteiger partial charge in [0.25, 0.3) is 0 Å². The van der Waals surface area contributed by atoms with Crippen LogP contribution >= 0.6 is 0 Å². The van der Waals surface area contributed by atoms with Gasteiger partial charge >= 0.3 is 0 Å². The molecule has 3 rings (SSSR count). The molecule has 1 fully saturated rings. The maximum atomic E-state index is 4.69. The zero-order chi connectivity index (χ0) is 12.4. The van der Waals surface area contributed by atoms with Crippen LogP contribution in [0.1, 0.15) is 25.7 Å². The Labute approximate surface area is 107 Å². The second-order valence-electron chi connectivity index (χ2n) is 4.76. The molecule has 0 unspecified atom stereocenters. The summed E-state index contributed by atoms with van der Waals surface area (Å²) in [4.78, 5) is 11.5. The molecule has 5 nitrogen and oxygen atoms in total. The zero-order valence-electron chi connectivity index (χ0n) is 10.8. The third kappa shape index (κ3) is 2.00. The first kappa shape index (κ1) is 11.3. The van der Waals surface area contributed by atoms with E-state index in [9.17, 15) is 0 Å². The Bertz CT molecular complexity index is 525. The van der Waals surface area contributed by atoms with Crippen molar-refractivity contribution >= 4 is 17.3 Å². The minimum atomic E-state index is 0.889. The van der Waals surface area contributed by atoms with Gasteiger partial charge in [-0.1, -0.05) is 12.8 Å². The van der Waals surface area contributed by atoms with E-state index in [-0.39, 0.29) is 0 Å². The van der Waals surface area contributed by atoms with Crippen molar-refractivity contribution in [2.24, 2.45) is 0 Å². The van der Waals surface area contributed by atoms with Crippen molar-refractivity contribution < 1.29 is 0 Å². The third-order valence-electron chi connectivity index (χ3n) is 3.52. The van der Waals surface area contributed by atoms with Crippen LogP contribution in [0.15, 0.2) is 18.6 Å². The Balaban J connectivity index is 2.04. The van der Waals surface area contributed by atoms with Gasteiger partial charge in [-0.05, 0) is 12.8 Å². The van der Waals surface area contributed by atoms with Crippen molar-refractivity contribution in [3.05, 3.63) is 18.6 Å². The predicted molar refractivity (Wildman–Crippen MR) is 73.2 cm³/mol. The van der Waals surface area contributed by atoms with Gasteiger partial charge in [-0.25, -0.2) is 9.97 Å². The van der Waals surface area contributed by atoms with E-state index in [0.29, 0.717) is 0 Å². The number of hydrogen-bond acceptors (Lipinski definition) is 4. The van der Waals surface area contributed by atoms with Gasteiger partial charge in [0.15, 0.2) is 11.5 Å². The number of hydrogen-bond donors (Lipinski definition) is 1. The lowest BCUT2D eigenvalue weighted by Crippen LogP contribution is -2.26. The van der Waals surface area contributed by atoms with Crippen LogP contribution in [0.25, 0.3) is 5.65 Å². The topological polar surface area (TPSA) is 45.5 Å². The Hall–Kier alpha value is -1.78. The highest BCUT2D eigenvalue weighted by atomic mass is 15.2. The van der Waals surface area contributed by atoms with Crippen LogP contribution in [0.2, 0.25) is 0 Å². The van der Waals surface area contributed by atoms with E-state index in [1.165, 1.54) is 25.7 Å². The van der Waals surface area contributed by atoms with Gasteiger partial charge in [-0.2, -0.15) is 0 Å². The monoisotopic (exact) mass is 245 g/mol. The summed E-state index contributed by atoms with van der Waals surface area (Å²) in [7, 11) is 1.90. The summed E-state index contributed by atoms with van der Waals surface area (Å²) in [6.07, 6.45) is 10.9. The summed E-state index contributed by atoms with van der Waals surface area (Å²) < 4.78 is 2.04. The third-order valence-corrected chi connectivity index (χ3v) is 3.52. The summed E-state index contributed by atoms with van der Waals surface area (Å²) in [5.41, 5.74) is 0.955. The summed E-state index contributed by atoms with van der Waals surface area (Å²) in [5.74, 6) is 1.90. The van der Waals surface area contributed by atoms with Gasteiger partial charge in [0, 0.05) is 32.5 Å². The van der Waals surface area contributed by atoms with Crippen molar-refractivity contribution in [3.63, 3.8) is 0 Å². The molecule has 18 heavy (non-hydrogen) atoms. The van der Waals surface area contributed by atoms with Crippen molar-refractivity contribution in [2.45, 2.75) is 25.7 Å². The van der Waals surface area contributed by atoms with Crippen LogP contribution < -0.4 is 10.2 Å². The summed E-state index contributed by atoms with van der Waals surface area (Å²) in [6.45, 7) is 2.17. The van der Waals surface area contributed by atoms with Crippen LogP contribution in [0, 0.1) is 0 Å². The van der Waals surface area contributed by atoms with Crippen LogP contribution in [-0.2, 0) is 0 Å². The van der Waals surface area contributed by atoms with Gasteiger partial charge in [-0.3, -0.25) is 0 Å². The van der Waals surface area contributed by atoms with E-state index in [2.05, 4.69) is 20.2 Å². The average Bonchev–Trinajstić information content (AvgIpc) is 2.70. The van der Waals surface area contributed by atoms with Gasteiger partial charge in [0.1, 0.15) is 5.82 Å². The first-order chi connectivity index (χ1) is 8.88. The number of anilines is 2. The molecule has 1 saturated heterocycles. The molecule has 96 valence electrons. The Morgan fingerprint density at radius 1 is 1.17 bits per heavy atom. The minimum Gasteiger partial charge on any atom is -0.372 e. The molecule has 3 heterocycles. The minimum absolute atomic E-state index is 0.889.